The molecule has 2 aromatic rings. The molecular weight excluding hydrogens is 306 g/mol. The molecule has 24 heavy (non-hydrogen) atoms. The van der Waals surface area contributed by atoms with Crippen molar-refractivity contribution >= 4 is 17.5 Å². The first-order valence-corrected chi connectivity index (χ1v) is 8.01. The minimum atomic E-state index is -0.412. The topological polar surface area (TPSA) is 97.4 Å². The standard InChI is InChI=1S/C18H23N3O3/c1-3-18(4-2,12-19)21-16(22)13-7-5-8-14(11-13)20-17(23)15-9-6-10-24-15/h5-11H,3-4,12,19H2,1-2H3,(H,20,23)(H,21,22). The number of nitrogens with two attached hydrogens (primary N) is 1. The molecule has 0 aliphatic carbocycles. The van der Waals surface area contributed by atoms with Gasteiger partial charge in [0.25, 0.3) is 11.8 Å². The summed E-state index contributed by atoms with van der Waals surface area (Å²) in [5.41, 5.74) is 6.40. The van der Waals surface area contributed by atoms with Gasteiger partial charge in [0.1, 0.15) is 0 Å². The Hall–Kier alpha value is -2.60. The minimum absolute atomic E-state index is 0.210. The third-order valence-corrected chi connectivity index (χ3v) is 4.25. The highest BCUT2D eigenvalue weighted by molar-refractivity contribution is 6.03. The van der Waals surface area contributed by atoms with Crippen molar-refractivity contribution < 1.29 is 14.0 Å². The molecule has 0 radical (unpaired) electrons. The van der Waals surface area contributed by atoms with Gasteiger partial charge in [-0.05, 0) is 43.2 Å². The van der Waals surface area contributed by atoms with Crippen LogP contribution in [-0.2, 0) is 0 Å². The summed E-state index contributed by atoms with van der Waals surface area (Å²) in [7, 11) is 0. The number of amides is 2. The smallest absolute Gasteiger partial charge is 0.291 e. The molecule has 0 atom stereocenters. The van der Waals surface area contributed by atoms with Crippen LogP contribution >= 0.6 is 0 Å². The lowest BCUT2D eigenvalue weighted by molar-refractivity contribution is 0.0894. The molecule has 4 N–H and O–H groups in total. The lowest BCUT2D eigenvalue weighted by atomic mass is 9.92. The normalized spacial score (nSPS) is 11.1. The van der Waals surface area contributed by atoms with Gasteiger partial charge in [0.15, 0.2) is 5.76 Å². The zero-order valence-electron chi connectivity index (χ0n) is 14.0. The second kappa shape index (κ2) is 7.79. The molecule has 0 unspecified atom stereocenters. The fraction of sp³-hybridized carbons (Fsp3) is 0.333. The average molecular weight is 329 g/mol. The van der Waals surface area contributed by atoms with Crippen molar-refractivity contribution in [3.8, 4) is 0 Å². The molecule has 6 heteroatoms. The molecule has 0 aliphatic heterocycles. The SMILES string of the molecule is CCC(CC)(CN)NC(=O)c1cccc(NC(=O)c2ccco2)c1. The molecule has 0 saturated carbocycles. The van der Waals surface area contributed by atoms with Crippen LogP contribution in [0.3, 0.4) is 0 Å². The molecule has 128 valence electrons. The highest BCUT2D eigenvalue weighted by atomic mass is 16.3. The second-order valence-corrected chi connectivity index (χ2v) is 5.66. The van der Waals surface area contributed by atoms with E-state index < -0.39 is 5.54 Å². The number of anilines is 1. The molecule has 2 rings (SSSR count). The summed E-state index contributed by atoms with van der Waals surface area (Å²) >= 11 is 0. The first kappa shape index (κ1) is 17.7. The molecule has 0 fully saturated rings. The number of carbonyl (C=O) groups is 2. The van der Waals surface area contributed by atoms with E-state index in [1.807, 2.05) is 13.8 Å². The Labute approximate surface area is 141 Å². The van der Waals surface area contributed by atoms with E-state index in [9.17, 15) is 9.59 Å². The molecule has 0 spiro atoms. The number of carbonyl (C=O) groups excluding carboxylic acids is 2. The van der Waals surface area contributed by atoms with Crippen LogP contribution in [-0.4, -0.2) is 23.9 Å². The summed E-state index contributed by atoms with van der Waals surface area (Å²) in [5, 5.41) is 5.72. The van der Waals surface area contributed by atoms with Crippen LogP contribution in [0.4, 0.5) is 5.69 Å². The summed E-state index contributed by atoms with van der Waals surface area (Å²) in [6, 6.07) is 9.97. The Morgan fingerprint density at radius 3 is 2.46 bits per heavy atom. The van der Waals surface area contributed by atoms with Crippen molar-refractivity contribution in [1.82, 2.24) is 5.32 Å². The van der Waals surface area contributed by atoms with Gasteiger partial charge >= 0.3 is 0 Å². The van der Waals surface area contributed by atoms with Gasteiger partial charge in [-0.1, -0.05) is 19.9 Å². The van der Waals surface area contributed by atoms with Gasteiger partial charge in [-0.15, -0.1) is 0 Å². The maximum atomic E-state index is 12.5. The second-order valence-electron chi connectivity index (χ2n) is 5.66. The van der Waals surface area contributed by atoms with Gasteiger partial charge in [0.2, 0.25) is 0 Å². The van der Waals surface area contributed by atoms with Crippen LogP contribution in [0.2, 0.25) is 0 Å². The highest BCUT2D eigenvalue weighted by Crippen LogP contribution is 2.17. The molecule has 2 amide bonds. The van der Waals surface area contributed by atoms with E-state index in [-0.39, 0.29) is 17.6 Å². The Bertz CT molecular complexity index is 683. The van der Waals surface area contributed by atoms with Crippen molar-refractivity contribution in [1.29, 1.82) is 0 Å². The first-order chi connectivity index (χ1) is 11.5. The lowest BCUT2D eigenvalue weighted by Crippen LogP contribution is -2.52. The zero-order valence-corrected chi connectivity index (χ0v) is 14.0. The molecule has 0 saturated heterocycles. The van der Waals surface area contributed by atoms with E-state index in [0.717, 1.165) is 12.8 Å². The van der Waals surface area contributed by atoms with Crippen LogP contribution in [0.15, 0.2) is 47.1 Å². The van der Waals surface area contributed by atoms with Crippen molar-refractivity contribution in [2.75, 3.05) is 11.9 Å². The maximum Gasteiger partial charge on any atom is 0.291 e. The molecule has 1 aromatic carbocycles. The summed E-state index contributed by atoms with van der Waals surface area (Å²) in [6.45, 7) is 4.37. The number of furan rings is 1. The molecular formula is C18H23N3O3. The van der Waals surface area contributed by atoms with Crippen LogP contribution in [0.25, 0.3) is 0 Å². The number of benzene rings is 1. The van der Waals surface area contributed by atoms with Gasteiger partial charge in [-0.3, -0.25) is 9.59 Å². The van der Waals surface area contributed by atoms with E-state index in [1.54, 1.807) is 36.4 Å². The predicted molar refractivity (Wildman–Crippen MR) is 92.9 cm³/mol. The van der Waals surface area contributed by atoms with Gasteiger partial charge in [0.05, 0.1) is 11.8 Å². The molecule has 6 nitrogen and oxygen atoms in total. The van der Waals surface area contributed by atoms with Gasteiger partial charge in [0, 0.05) is 17.8 Å². The Morgan fingerprint density at radius 1 is 1.12 bits per heavy atom. The highest BCUT2D eigenvalue weighted by Gasteiger charge is 2.26. The predicted octanol–water partition coefficient (Wildman–Crippen LogP) is 2.78. The third-order valence-electron chi connectivity index (χ3n) is 4.25. The van der Waals surface area contributed by atoms with Crippen LogP contribution < -0.4 is 16.4 Å². The fourth-order valence-corrected chi connectivity index (χ4v) is 2.42. The average Bonchev–Trinajstić information content (AvgIpc) is 3.15. The number of hydrogen-bond donors (Lipinski definition) is 3. The van der Waals surface area contributed by atoms with Crippen molar-refractivity contribution in [3.63, 3.8) is 0 Å². The van der Waals surface area contributed by atoms with E-state index in [0.29, 0.717) is 17.8 Å². The monoisotopic (exact) mass is 329 g/mol. The summed E-state index contributed by atoms with van der Waals surface area (Å²) in [6.07, 6.45) is 2.93. The summed E-state index contributed by atoms with van der Waals surface area (Å²) in [4.78, 5) is 24.5. The van der Waals surface area contributed by atoms with Gasteiger partial charge < -0.3 is 20.8 Å². The zero-order chi connectivity index (χ0) is 17.6. The molecule has 1 aromatic heterocycles. The minimum Gasteiger partial charge on any atom is -0.459 e. The van der Waals surface area contributed by atoms with E-state index in [1.165, 1.54) is 6.26 Å². The lowest BCUT2D eigenvalue weighted by Gasteiger charge is -2.31. The van der Waals surface area contributed by atoms with Gasteiger partial charge in [-0.2, -0.15) is 0 Å². The quantitative estimate of drug-likeness (QED) is 0.727. The third kappa shape index (κ3) is 4.02. The Kier molecular flexibility index (Phi) is 5.76. The number of rotatable bonds is 7. The van der Waals surface area contributed by atoms with Crippen LogP contribution in [0.1, 0.15) is 47.6 Å². The van der Waals surface area contributed by atoms with Crippen molar-refractivity contribution in [2.45, 2.75) is 32.2 Å². The molecule has 1 heterocycles. The van der Waals surface area contributed by atoms with E-state index in [4.69, 9.17) is 10.2 Å². The maximum absolute atomic E-state index is 12.5. The summed E-state index contributed by atoms with van der Waals surface area (Å²) < 4.78 is 5.05. The molecule has 0 aliphatic rings. The van der Waals surface area contributed by atoms with Crippen LogP contribution in [0.5, 0.6) is 0 Å². The first-order valence-electron chi connectivity index (χ1n) is 8.01. The van der Waals surface area contributed by atoms with Crippen molar-refractivity contribution in [2.24, 2.45) is 5.73 Å². The Morgan fingerprint density at radius 2 is 1.88 bits per heavy atom. The number of hydrogen-bond acceptors (Lipinski definition) is 4. The van der Waals surface area contributed by atoms with Crippen LogP contribution in [0, 0.1) is 0 Å². The fourth-order valence-electron chi connectivity index (χ4n) is 2.42. The van der Waals surface area contributed by atoms with E-state index >= 15 is 0 Å². The Balaban J connectivity index is 2.12. The van der Waals surface area contributed by atoms with E-state index in [2.05, 4.69) is 10.6 Å². The summed E-state index contributed by atoms with van der Waals surface area (Å²) in [5.74, 6) is -0.363. The van der Waals surface area contributed by atoms with Gasteiger partial charge in [-0.25, -0.2) is 0 Å². The van der Waals surface area contributed by atoms with Crippen molar-refractivity contribution in [3.05, 3.63) is 54.0 Å². The largest absolute Gasteiger partial charge is 0.459 e. The number of nitrogens with one attached hydrogen (secondary N) is 2. The molecule has 0 bridgehead atoms.